The van der Waals surface area contributed by atoms with Crippen molar-refractivity contribution in [2.24, 2.45) is 0 Å². The zero-order chi connectivity index (χ0) is 21.2. The van der Waals surface area contributed by atoms with Gasteiger partial charge in [0.15, 0.2) is 5.65 Å². The van der Waals surface area contributed by atoms with Gasteiger partial charge in [-0.3, -0.25) is 9.20 Å². The molecule has 3 aromatic rings. The molecule has 154 valence electrons. The van der Waals surface area contributed by atoms with Gasteiger partial charge >= 0.3 is 12.1 Å². The van der Waals surface area contributed by atoms with Crippen molar-refractivity contribution in [1.82, 2.24) is 9.38 Å². The first-order chi connectivity index (χ1) is 13.7. The van der Waals surface area contributed by atoms with Crippen molar-refractivity contribution >= 4 is 23.2 Å². The number of ether oxygens (including phenoxy) is 1. The van der Waals surface area contributed by atoms with Gasteiger partial charge in [-0.25, -0.2) is 4.98 Å². The Morgan fingerprint density at radius 3 is 2.55 bits per heavy atom. The third-order valence-corrected chi connectivity index (χ3v) is 4.79. The molecule has 0 radical (unpaired) electrons. The molecule has 0 aliphatic carbocycles. The number of alkyl halides is 3. The van der Waals surface area contributed by atoms with Crippen LogP contribution in [0.2, 0.25) is 5.02 Å². The molecular weight excluding hydrogens is 405 g/mol. The van der Waals surface area contributed by atoms with Crippen molar-refractivity contribution in [2.75, 3.05) is 0 Å². The number of nitrogens with zero attached hydrogens (tertiary/aromatic N) is 2. The Morgan fingerprint density at radius 1 is 1.24 bits per heavy atom. The summed E-state index contributed by atoms with van der Waals surface area (Å²) in [7, 11) is 0. The van der Waals surface area contributed by atoms with Crippen LogP contribution >= 0.6 is 11.6 Å². The lowest BCUT2D eigenvalue weighted by molar-refractivity contribution is -0.145. The van der Waals surface area contributed by atoms with Crippen molar-refractivity contribution in [2.45, 2.75) is 45.4 Å². The van der Waals surface area contributed by atoms with E-state index in [1.165, 1.54) is 4.40 Å². The van der Waals surface area contributed by atoms with Gasteiger partial charge in [0, 0.05) is 12.6 Å². The first-order valence-electron chi connectivity index (χ1n) is 9.14. The van der Waals surface area contributed by atoms with Gasteiger partial charge in [-0.05, 0) is 24.0 Å². The fourth-order valence-corrected chi connectivity index (χ4v) is 3.29. The second kappa shape index (κ2) is 8.45. The molecule has 0 N–H and O–H groups in total. The number of carbonyl (C=O) groups is 1. The molecule has 1 aromatic carbocycles. The number of aromatic nitrogens is 2. The van der Waals surface area contributed by atoms with Gasteiger partial charge in [0.25, 0.3) is 0 Å². The number of hydrogen-bond acceptors (Lipinski definition) is 3. The number of halogens is 4. The van der Waals surface area contributed by atoms with Crippen LogP contribution < -0.4 is 0 Å². The van der Waals surface area contributed by atoms with Crippen LogP contribution in [0.4, 0.5) is 13.2 Å². The third kappa shape index (κ3) is 4.90. The van der Waals surface area contributed by atoms with Crippen molar-refractivity contribution in [3.05, 3.63) is 70.1 Å². The minimum Gasteiger partial charge on any atom is -0.459 e. The molecule has 0 aliphatic heterocycles. The summed E-state index contributed by atoms with van der Waals surface area (Å²) in [5, 5.41) is -0.108. The fraction of sp³-hybridized carbons (Fsp3) is 0.333. The van der Waals surface area contributed by atoms with Gasteiger partial charge in [-0.2, -0.15) is 13.2 Å². The Labute approximate surface area is 171 Å². The Hall–Kier alpha value is -2.54. The van der Waals surface area contributed by atoms with E-state index in [0.29, 0.717) is 17.8 Å². The molecule has 8 heteroatoms. The van der Waals surface area contributed by atoms with Gasteiger partial charge in [-0.15, -0.1) is 0 Å². The molecule has 0 aliphatic rings. The number of rotatable bonds is 6. The standard InChI is InChI=1S/C21H20ClF3N2O2/c1-13(2)19-17(12-29-18(28)9-8-14-6-4-3-5-7-14)27-11-15(21(23,24)25)10-16(22)20(27)26-19/h3-7,10-11,13H,8-9,12H2,1-2H3. The molecule has 0 spiro atoms. The molecule has 29 heavy (non-hydrogen) atoms. The van der Waals surface area contributed by atoms with Gasteiger partial charge in [0.2, 0.25) is 0 Å². The van der Waals surface area contributed by atoms with E-state index < -0.39 is 17.7 Å². The number of pyridine rings is 1. The number of carbonyl (C=O) groups excluding carboxylic acids is 1. The summed E-state index contributed by atoms with van der Waals surface area (Å²) in [6, 6.07) is 10.3. The molecule has 0 saturated carbocycles. The molecule has 2 aromatic heterocycles. The fourth-order valence-electron chi connectivity index (χ4n) is 3.04. The van der Waals surface area contributed by atoms with E-state index in [9.17, 15) is 18.0 Å². The third-order valence-electron chi connectivity index (χ3n) is 4.51. The van der Waals surface area contributed by atoms with E-state index >= 15 is 0 Å². The summed E-state index contributed by atoms with van der Waals surface area (Å²) in [5.41, 5.74) is 1.25. The summed E-state index contributed by atoms with van der Waals surface area (Å²) < 4.78 is 46.2. The lowest BCUT2D eigenvalue weighted by Crippen LogP contribution is -2.11. The predicted molar refractivity (Wildman–Crippen MR) is 104 cm³/mol. The van der Waals surface area contributed by atoms with Crippen LogP contribution in [-0.2, 0) is 28.7 Å². The minimum absolute atomic E-state index is 0.0849. The van der Waals surface area contributed by atoms with E-state index in [4.69, 9.17) is 16.3 Å². The topological polar surface area (TPSA) is 43.6 Å². The number of esters is 1. The second-order valence-corrected chi connectivity index (χ2v) is 7.42. The molecule has 4 nitrogen and oxygen atoms in total. The first kappa shape index (κ1) is 21.2. The molecule has 0 amide bonds. The number of hydrogen-bond donors (Lipinski definition) is 0. The van der Waals surface area contributed by atoms with Crippen LogP contribution in [0.5, 0.6) is 0 Å². The SMILES string of the molecule is CC(C)c1nc2c(Cl)cc(C(F)(F)F)cn2c1COC(=O)CCc1ccccc1. The Bertz CT molecular complexity index is 1010. The summed E-state index contributed by atoms with van der Waals surface area (Å²) in [6.07, 6.45) is -2.92. The van der Waals surface area contributed by atoms with Crippen LogP contribution in [-0.4, -0.2) is 15.4 Å². The maximum Gasteiger partial charge on any atom is 0.417 e. The molecule has 0 atom stereocenters. The van der Waals surface area contributed by atoms with E-state index in [2.05, 4.69) is 4.98 Å². The number of benzene rings is 1. The summed E-state index contributed by atoms with van der Waals surface area (Å²) in [4.78, 5) is 16.5. The zero-order valence-corrected chi connectivity index (χ0v) is 16.7. The van der Waals surface area contributed by atoms with Crippen LogP contribution in [0.15, 0.2) is 42.6 Å². The predicted octanol–water partition coefficient (Wildman–Crippen LogP) is 5.81. The normalized spacial score (nSPS) is 12.0. The molecule has 0 unspecified atom stereocenters. The van der Waals surface area contributed by atoms with Crippen LogP contribution in [0.25, 0.3) is 5.65 Å². The van der Waals surface area contributed by atoms with Gasteiger partial charge < -0.3 is 4.74 Å². The molecule has 3 rings (SSSR count). The van der Waals surface area contributed by atoms with Crippen molar-refractivity contribution < 1.29 is 22.7 Å². The zero-order valence-electron chi connectivity index (χ0n) is 16.0. The largest absolute Gasteiger partial charge is 0.459 e. The van der Waals surface area contributed by atoms with E-state index in [0.717, 1.165) is 17.8 Å². The molecule has 0 fully saturated rings. The lowest BCUT2D eigenvalue weighted by Gasteiger charge is -2.11. The van der Waals surface area contributed by atoms with Crippen LogP contribution in [0.1, 0.15) is 48.7 Å². The van der Waals surface area contributed by atoms with E-state index in [-0.39, 0.29) is 29.6 Å². The number of aryl methyl sites for hydroxylation is 1. The Morgan fingerprint density at radius 2 is 1.93 bits per heavy atom. The minimum atomic E-state index is -4.55. The second-order valence-electron chi connectivity index (χ2n) is 7.01. The monoisotopic (exact) mass is 424 g/mol. The average Bonchev–Trinajstić information content (AvgIpc) is 3.04. The smallest absolute Gasteiger partial charge is 0.417 e. The van der Waals surface area contributed by atoms with E-state index in [1.54, 1.807) is 0 Å². The Balaban J connectivity index is 1.84. The van der Waals surface area contributed by atoms with Crippen LogP contribution in [0.3, 0.4) is 0 Å². The van der Waals surface area contributed by atoms with Crippen molar-refractivity contribution in [3.63, 3.8) is 0 Å². The van der Waals surface area contributed by atoms with Crippen molar-refractivity contribution in [3.8, 4) is 0 Å². The number of fused-ring (bicyclic) bond motifs is 1. The van der Waals surface area contributed by atoms with Crippen molar-refractivity contribution in [1.29, 1.82) is 0 Å². The molecule has 0 saturated heterocycles. The highest BCUT2D eigenvalue weighted by Crippen LogP contribution is 2.34. The van der Waals surface area contributed by atoms with Gasteiger partial charge in [0.1, 0.15) is 6.61 Å². The molecule has 2 heterocycles. The lowest BCUT2D eigenvalue weighted by atomic mass is 10.1. The highest BCUT2D eigenvalue weighted by Gasteiger charge is 2.32. The number of imidazole rings is 1. The quantitative estimate of drug-likeness (QED) is 0.469. The summed E-state index contributed by atoms with van der Waals surface area (Å²) >= 11 is 6.05. The van der Waals surface area contributed by atoms with E-state index in [1.807, 2.05) is 44.2 Å². The summed E-state index contributed by atoms with van der Waals surface area (Å²) in [6.45, 7) is 3.54. The van der Waals surface area contributed by atoms with Crippen LogP contribution in [0, 0.1) is 0 Å². The molecular formula is C21H20ClF3N2O2. The highest BCUT2D eigenvalue weighted by molar-refractivity contribution is 6.33. The highest BCUT2D eigenvalue weighted by atomic mass is 35.5. The summed E-state index contributed by atoms with van der Waals surface area (Å²) in [5.74, 6) is -0.519. The van der Waals surface area contributed by atoms with Gasteiger partial charge in [-0.1, -0.05) is 55.8 Å². The average molecular weight is 425 g/mol. The first-order valence-corrected chi connectivity index (χ1v) is 9.51. The maximum atomic E-state index is 13.2. The Kier molecular flexibility index (Phi) is 6.17. The van der Waals surface area contributed by atoms with Gasteiger partial charge in [0.05, 0.1) is 22.0 Å². The maximum absolute atomic E-state index is 13.2. The molecule has 0 bridgehead atoms.